The molecule has 4 atom stereocenters. The Labute approximate surface area is 628 Å². The fourth-order valence-corrected chi connectivity index (χ4v) is 11.3. The van der Waals surface area contributed by atoms with Crippen molar-refractivity contribution in [3.8, 4) is 90.5 Å². The third kappa shape index (κ3) is 22.8. The zero-order valence-electron chi connectivity index (χ0n) is 48.6. The van der Waals surface area contributed by atoms with Gasteiger partial charge in [0.25, 0.3) is 0 Å². The van der Waals surface area contributed by atoms with Crippen molar-refractivity contribution in [1.29, 1.82) is 0 Å². The SMILES string of the molecule is Br.C.CC(=O)O[C@H](CBr)COc1cc(F)cc(-c2c(Cl)cccc2Cl)c1O.COc1c(OC[C@H]2CO2)cc(F)cc1-c1c(Cl)cccc1Cl.OC[C@H]1COc2cc(F)cc(-c3c(Cl)cccc3Cl)c2O1.Oc1c(OC[C@H](O)CBr)cc(F)cc1-c1c(Cl)cccc1Cl.[Na+].[OH-]. The molecule has 0 bridgehead atoms. The molecule has 30 heteroatoms. The normalized spacial score (nSPS) is 13.6. The van der Waals surface area contributed by atoms with Crippen molar-refractivity contribution in [3.63, 3.8) is 0 Å². The Morgan fingerprint density at radius 2 is 0.968 bits per heavy atom. The van der Waals surface area contributed by atoms with Gasteiger partial charge in [0.1, 0.15) is 61.9 Å². The Morgan fingerprint density at radius 1 is 0.585 bits per heavy atom. The molecule has 1 fully saturated rings. The Balaban J connectivity index is 0.000000323. The van der Waals surface area contributed by atoms with Crippen LogP contribution in [0.4, 0.5) is 17.6 Å². The maximum absolute atomic E-state index is 14.0. The molecule has 0 aromatic heterocycles. The fourth-order valence-electron chi connectivity index (χ4n) is 8.40. The van der Waals surface area contributed by atoms with Gasteiger partial charge in [-0.15, -0.1) is 17.0 Å². The summed E-state index contributed by atoms with van der Waals surface area (Å²) in [5, 5.41) is 42.7. The molecular weight excluding hydrogens is 1620 g/mol. The first-order chi connectivity index (χ1) is 43.0. The molecule has 2 heterocycles. The molecule has 0 unspecified atom stereocenters. The smallest absolute Gasteiger partial charge is 0.870 e. The fraction of sp³-hybridized carbons (Fsp3) is 0.234. The number of methoxy groups -OCH3 is 1. The Morgan fingerprint density at radius 3 is 1.36 bits per heavy atom. The number of aliphatic hydroxyl groups excluding tert-OH is 2. The molecule has 0 saturated carbocycles. The molecule has 5 N–H and O–H groups in total. The first-order valence-electron chi connectivity index (χ1n) is 26.4. The third-order valence-electron chi connectivity index (χ3n) is 12.5. The van der Waals surface area contributed by atoms with Gasteiger partial charge in [0, 0.05) is 86.4 Å². The standard InChI is InChI=1S/C17H14BrCl2FO4.C16H13Cl2FO3.C15H12BrCl2FO3.C15H11Cl2FO3.CH4.BrH.Na.H2O/c1-9(22)25-11(7-18)8-24-15-6-10(21)5-12(17(15)23)16-13(19)3-2-4-14(16)20;1-20-16-11(15-12(17)3-2-4-13(15)18)5-9(19)6-14(16)22-8-10-7-21-10;16-6-9(20)7-22-13-5-8(19)4-10(15(13)21)14-11(17)2-1-3-12(14)18;16-11-2-1-3-12(17)14(11)10-4-8(18)5-13-15(10)21-9(6-19)7-20-13;;;;/h2-6,11,23H,7-8H2,1H3;2-6,10H,7-8H2,1H3;1-5,9,20-21H,6-7H2;1-5,9,19H,6-7H2;1H4;1H;;1H2/q;;;;;;+1;/p-1/t11-;10-;2*9-;;;;/m1110..../s1. The third-order valence-corrected chi connectivity index (χ3v) is 16.5. The number of esters is 1. The summed E-state index contributed by atoms with van der Waals surface area (Å²) in [4.78, 5) is 11.0. The number of alkyl halides is 2. The summed E-state index contributed by atoms with van der Waals surface area (Å²) in [5.41, 5.74) is 2.67. The summed E-state index contributed by atoms with van der Waals surface area (Å²) in [7, 11) is 1.49. The number of epoxide rings is 1. The minimum atomic E-state index is -0.782. The van der Waals surface area contributed by atoms with Gasteiger partial charge in [-0.05, 0) is 72.8 Å². The van der Waals surface area contributed by atoms with Crippen LogP contribution in [0.5, 0.6) is 46.0 Å². The maximum Gasteiger partial charge on any atom is 1.00 e. The van der Waals surface area contributed by atoms with Crippen molar-refractivity contribution >= 4 is 148 Å². The van der Waals surface area contributed by atoms with Crippen LogP contribution in [0.25, 0.3) is 44.5 Å². The van der Waals surface area contributed by atoms with Crippen LogP contribution in [0.1, 0.15) is 14.4 Å². The number of halogens is 15. The molecule has 10 rings (SSSR count). The van der Waals surface area contributed by atoms with E-state index in [1.165, 1.54) is 38.3 Å². The number of phenols is 2. The molecule has 1 saturated heterocycles. The number of hydrogen-bond donors (Lipinski definition) is 4. The van der Waals surface area contributed by atoms with E-state index in [-0.39, 0.29) is 152 Å². The zero-order valence-corrected chi connectivity index (χ0v) is 61.6. The van der Waals surface area contributed by atoms with E-state index in [9.17, 15) is 42.8 Å². The quantitative estimate of drug-likeness (QED) is 0.0207. The summed E-state index contributed by atoms with van der Waals surface area (Å²) in [6.45, 7) is 2.05. The van der Waals surface area contributed by atoms with Crippen molar-refractivity contribution in [2.45, 2.75) is 38.8 Å². The van der Waals surface area contributed by atoms with Crippen molar-refractivity contribution < 1.29 is 116 Å². The van der Waals surface area contributed by atoms with E-state index < -0.39 is 47.6 Å². The van der Waals surface area contributed by atoms with Crippen molar-refractivity contribution in [2.24, 2.45) is 0 Å². The van der Waals surface area contributed by atoms with E-state index in [1.54, 1.807) is 72.8 Å². The van der Waals surface area contributed by atoms with Crippen LogP contribution in [0.3, 0.4) is 0 Å². The number of ether oxygens (including phenoxy) is 8. The van der Waals surface area contributed by atoms with Crippen LogP contribution in [0.2, 0.25) is 40.2 Å². The Bertz CT molecular complexity index is 3770. The second-order valence-electron chi connectivity index (χ2n) is 19.1. The van der Waals surface area contributed by atoms with Crippen LogP contribution in [0, 0.1) is 23.3 Å². The molecule has 502 valence electrons. The first-order valence-corrected chi connectivity index (χ1v) is 31.6. The van der Waals surface area contributed by atoms with Gasteiger partial charge >= 0.3 is 35.5 Å². The number of phenolic OH excluding ortho intramolecular Hbond substituents is 2. The number of fused-ring (bicyclic) bond motifs is 1. The molecule has 2 aliphatic heterocycles. The second kappa shape index (κ2) is 40.1. The largest absolute Gasteiger partial charge is 1.00 e. The number of aliphatic hydroxyl groups is 2. The van der Waals surface area contributed by atoms with E-state index >= 15 is 0 Å². The number of benzene rings is 8. The van der Waals surface area contributed by atoms with E-state index in [1.807, 2.05) is 0 Å². The van der Waals surface area contributed by atoms with Gasteiger partial charge in [0.15, 0.2) is 52.1 Å². The van der Waals surface area contributed by atoms with E-state index in [4.69, 9.17) is 131 Å². The van der Waals surface area contributed by atoms with Gasteiger partial charge < -0.3 is 63.8 Å². The topological polar surface area (TPSA) is 205 Å². The summed E-state index contributed by atoms with van der Waals surface area (Å²) in [6, 6.07) is 29.2. The number of hydrogen-bond acceptors (Lipinski definition) is 14. The van der Waals surface area contributed by atoms with Crippen molar-refractivity contribution in [1.82, 2.24) is 0 Å². The van der Waals surface area contributed by atoms with Gasteiger partial charge in [-0.3, -0.25) is 4.79 Å². The van der Waals surface area contributed by atoms with Crippen molar-refractivity contribution in [3.05, 3.63) is 185 Å². The average Bonchev–Trinajstić information content (AvgIpc) is 1.53. The van der Waals surface area contributed by atoms with Gasteiger partial charge in [-0.1, -0.05) is 156 Å². The van der Waals surface area contributed by atoms with Crippen LogP contribution in [-0.2, 0) is 14.3 Å². The molecular formula is C64H56Br3Cl8F4NaO14. The Kier molecular flexibility index (Phi) is 35.9. The minimum Gasteiger partial charge on any atom is -0.870 e. The van der Waals surface area contributed by atoms with Crippen molar-refractivity contribution in [2.75, 3.05) is 57.4 Å². The first kappa shape index (κ1) is 84.2. The van der Waals surface area contributed by atoms with E-state index in [2.05, 4.69) is 31.9 Å². The van der Waals surface area contributed by atoms with E-state index in [0.717, 1.165) is 24.3 Å². The van der Waals surface area contributed by atoms with Crippen LogP contribution < -0.4 is 58.0 Å². The van der Waals surface area contributed by atoms with E-state index in [0.29, 0.717) is 94.6 Å². The zero-order chi connectivity index (χ0) is 65.5. The summed E-state index contributed by atoms with van der Waals surface area (Å²) in [5.74, 6) is -2.19. The van der Waals surface area contributed by atoms with Gasteiger partial charge in [-0.2, -0.15) is 0 Å². The molecule has 8 aromatic carbocycles. The second-order valence-corrected chi connectivity index (χ2v) is 23.6. The van der Waals surface area contributed by atoms with Gasteiger partial charge in [0.2, 0.25) is 0 Å². The molecule has 0 radical (unpaired) electrons. The maximum atomic E-state index is 14.0. The average molecular weight is 1670 g/mol. The summed E-state index contributed by atoms with van der Waals surface area (Å²) in [6.07, 6.45) is -1.83. The van der Waals surface area contributed by atoms with Gasteiger partial charge in [0.05, 0.1) is 66.6 Å². The van der Waals surface area contributed by atoms with Crippen LogP contribution in [0.15, 0.2) is 121 Å². The molecule has 94 heavy (non-hydrogen) atoms. The van der Waals surface area contributed by atoms with Crippen LogP contribution >= 0.6 is 142 Å². The minimum absolute atomic E-state index is 0. The number of rotatable bonds is 18. The van der Waals surface area contributed by atoms with Gasteiger partial charge in [-0.25, -0.2) is 17.6 Å². The molecule has 14 nitrogen and oxygen atoms in total. The molecule has 0 spiro atoms. The number of carbonyl (C=O) groups excluding carboxylic acids is 1. The molecule has 0 amide bonds. The summed E-state index contributed by atoms with van der Waals surface area (Å²) < 4.78 is 98.5. The predicted octanol–water partition coefficient (Wildman–Crippen LogP) is 16.4. The Hall–Kier alpha value is -4.05. The number of carbonyl (C=O) groups is 1. The monoisotopic (exact) mass is 1660 g/mol. The predicted molar refractivity (Wildman–Crippen MR) is 369 cm³/mol. The molecule has 8 aromatic rings. The molecule has 0 aliphatic carbocycles. The number of aromatic hydroxyl groups is 2. The molecule has 2 aliphatic rings. The summed E-state index contributed by atoms with van der Waals surface area (Å²) >= 11 is 55.5. The van der Waals surface area contributed by atoms with Crippen LogP contribution in [-0.4, -0.2) is 114 Å².